The fourth-order valence-electron chi connectivity index (χ4n) is 2.59. The van der Waals surface area contributed by atoms with Crippen LogP contribution in [-0.2, 0) is 6.54 Å². The molecule has 0 aliphatic rings. The molecule has 0 unspecified atom stereocenters. The predicted octanol–water partition coefficient (Wildman–Crippen LogP) is 3.15. The van der Waals surface area contributed by atoms with Crippen molar-refractivity contribution in [2.45, 2.75) is 20.4 Å². The molecule has 0 spiro atoms. The summed E-state index contributed by atoms with van der Waals surface area (Å²) in [7, 11) is 0. The first kappa shape index (κ1) is 14.4. The van der Waals surface area contributed by atoms with Crippen molar-refractivity contribution in [3.63, 3.8) is 0 Å². The number of hydrogen-bond acceptors (Lipinski definition) is 3. The van der Waals surface area contributed by atoms with E-state index in [2.05, 4.69) is 10.1 Å². The molecule has 0 aliphatic carbocycles. The monoisotopic (exact) mass is 296 g/mol. The first-order chi connectivity index (χ1) is 10.6. The molecule has 3 aromatic rings. The van der Waals surface area contributed by atoms with Gasteiger partial charge in [0.2, 0.25) is 0 Å². The van der Waals surface area contributed by atoms with Gasteiger partial charge in [-0.2, -0.15) is 5.10 Å². The second-order valence-electron chi connectivity index (χ2n) is 5.18. The Hall–Kier alpha value is -2.53. The third-order valence-electron chi connectivity index (χ3n) is 3.69. The number of rotatable bonds is 3. The highest BCUT2D eigenvalue weighted by Gasteiger charge is 2.14. The van der Waals surface area contributed by atoms with Crippen molar-refractivity contribution in [1.82, 2.24) is 14.8 Å². The smallest absolute Gasteiger partial charge is 0.123 e. The SMILES string of the molecule is Cc1nn(-c2ccc(CN)nc2)c(C)c1-c1ccc(F)cc1. The Kier molecular flexibility index (Phi) is 3.73. The number of nitrogens with two attached hydrogens (primary N) is 1. The Labute approximate surface area is 128 Å². The Balaban J connectivity index is 2.07. The van der Waals surface area contributed by atoms with E-state index in [1.54, 1.807) is 18.3 Å². The average Bonchev–Trinajstić information content (AvgIpc) is 2.83. The lowest BCUT2D eigenvalue weighted by Gasteiger charge is -2.06. The van der Waals surface area contributed by atoms with Crippen LogP contribution in [0.25, 0.3) is 16.8 Å². The van der Waals surface area contributed by atoms with Crippen LogP contribution in [0.1, 0.15) is 17.1 Å². The van der Waals surface area contributed by atoms with Crippen LogP contribution in [0, 0.1) is 19.7 Å². The van der Waals surface area contributed by atoms with Gasteiger partial charge in [-0.15, -0.1) is 0 Å². The van der Waals surface area contributed by atoms with Crippen LogP contribution in [0.4, 0.5) is 4.39 Å². The molecule has 22 heavy (non-hydrogen) atoms. The van der Waals surface area contributed by atoms with E-state index < -0.39 is 0 Å². The third-order valence-corrected chi connectivity index (χ3v) is 3.69. The van der Waals surface area contributed by atoms with Crippen LogP contribution < -0.4 is 5.73 Å². The van der Waals surface area contributed by atoms with Gasteiger partial charge in [-0.25, -0.2) is 9.07 Å². The van der Waals surface area contributed by atoms with Crippen LogP contribution in [-0.4, -0.2) is 14.8 Å². The number of aromatic nitrogens is 3. The van der Waals surface area contributed by atoms with E-state index in [-0.39, 0.29) is 5.82 Å². The highest BCUT2D eigenvalue weighted by Crippen LogP contribution is 2.28. The summed E-state index contributed by atoms with van der Waals surface area (Å²) >= 11 is 0. The Morgan fingerprint density at radius 3 is 2.41 bits per heavy atom. The minimum Gasteiger partial charge on any atom is -0.325 e. The largest absolute Gasteiger partial charge is 0.325 e. The topological polar surface area (TPSA) is 56.7 Å². The number of halogens is 1. The summed E-state index contributed by atoms with van der Waals surface area (Å²) in [4.78, 5) is 4.30. The van der Waals surface area contributed by atoms with Gasteiger partial charge in [-0.05, 0) is 43.7 Å². The van der Waals surface area contributed by atoms with Crippen LogP contribution in [0.3, 0.4) is 0 Å². The maximum absolute atomic E-state index is 13.1. The summed E-state index contributed by atoms with van der Waals surface area (Å²) in [5.74, 6) is -0.243. The molecule has 0 amide bonds. The molecule has 0 aliphatic heterocycles. The molecular weight excluding hydrogens is 279 g/mol. The fraction of sp³-hybridized carbons (Fsp3) is 0.176. The van der Waals surface area contributed by atoms with E-state index in [1.165, 1.54) is 12.1 Å². The number of pyridine rings is 1. The second kappa shape index (κ2) is 5.69. The molecule has 0 fully saturated rings. The lowest BCUT2D eigenvalue weighted by Crippen LogP contribution is -2.03. The fourth-order valence-corrected chi connectivity index (χ4v) is 2.59. The van der Waals surface area contributed by atoms with Crippen molar-refractivity contribution >= 4 is 0 Å². The van der Waals surface area contributed by atoms with Crippen molar-refractivity contribution in [2.24, 2.45) is 5.73 Å². The van der Waals surface area contributed by atoms with E-state index in [1.807, 2.05) is 30.7 Å². The maximum Gasteiger partial charge on any atom is 0.123 e. The first-order valence-corrected chi connectivity index (χ1v) is 7.07. The summed E-state index contributed by atoms with van der Waals surface area (Å²) in [6.07, 6.45) is 1.76. The van der Waals surface area contributed by atoms with E-state index in [9.17, 15) is 4.39 Å². The highest BCUT2D eigenvalue weighted by atomic mass is 19.1. The van der Waals surface area contributed by atoms with Gasteiger partial charge in [-0.1, -0.05) is 12.1 Å². The molecule has 112 valence electrons. The quantitative estimate of drug-likeness (QED) is 0.807. The van der Waals surface area contributed by atoms with Crippen LogP contribution in [0.2, 0.25) is 0 Å². The molecule has 0 atom stereocenters. The zero-order valence-corrected chi connectivity index (χ0v) is 12.5. The summed E-state index contributed by atoms with van der Waals surface area (Å²) < 4.78 is 15.0. The van der Waals surface area contributed by atoms with Gasteiger partial charge < -0.3 is 5.73 Å². The predicted molar refractivity (Wildman–Crippen MR) is 84.1 cm³/mol. The van der Waals surface area contributed by atoms with Gasteiger partial charge in [0, 0.05) is 17.8 Å². The molecule has 0 saturated heterocycles. The molecule has 5 heteroatoms. The molecule has 4 nitrogen and oxygen atoms in total. The third kappa shape index (κ3) is 2.51. The second-order valence-corrected chi connectivity index (χ2v) is 5.18. The molecular formula is C17H17FN4. The normalized spacial score (nSPS) is 10.9. The van der Waals surface area contributed by atoms with Crippen molar-refractivity contribution in [3.8, 4) is 16.8 Å². The van der Waals surface area contributed by atoms with E-state index in [0.29, 0.717) is 6.54 Å². The lowest BCUT2D eigenvalue weighted by atomic mass is 10.0. The zero-order chi connectivity index (χ0) is 15.7. The van der Waals surface area contributed by atoms with Crippen molar-refractivity contribution < 1.29 is 4.39 Å². The summed E-state index contributed by atoms with van der Waals surface area (Å²) in [5, 5.41) is 4.59. The van der Waals surface area contributed by atoms with Crippen molar-refractivity contribution in [3.05, 3.63) is 65.5 Å². The molecule has 0 radical (unpaired) electrons. The Bertz CT molecular complexity index is 789. The summed E-state index contributed by atoms with van der Waals surface area (Å²) in [6.45, 7) is 4.36. The van der Waals surface area contributed by atoms with Crippen LogP contribution >= 0.6 is 0 Å². The standard InChI is InChI=1S/C17H17FN4/c1-11-17(13-3-5-14(18)6-4-13)12(2)22(21-11)16-8-7-15(9-19)20-10-16/h3-8,10H,9,19H2,1-2H3. The van der Waals surface area contributed by atoms with E-state index >= 15 is 0 Å². The van der Waals surface area contributed by atoms with Gasteiger partial charge in [-0.3, -0.25) is 4.98 Å². The number of aryl methyl sites for hydroxylation is 1. The summed E-state index contributed by atoms with van der Waals surface area (Å²) in [6, 6.07) is 10.3. The molecule has 1 aromatic carbocycles. The van der Waals surface area contributed by atoms with Crippen LogP contribution in [0.5, 0.6) is 0 Å². The number of nitrogens with zero attached hydrogens (tertiary/aromatic N) is 3. The molecule has 2 aromatic heterocycles. The van der Waals surface area contributed by atoms with Gasteiger partial charge >= 0.3 is 0 Å². The Morgan fingerprint density at radius 2 is 1.82 bits per heavy atom. The van der Waals surface area contributed by atoms with Gasteiger partial charge in [0.1, 0.15) is 5.82 Å². The molecule has 2 heterocycles. The van der Waals surface area contributed by atoms with Gasteiger partial charge in [0.25, 0.3) is 0 Å². The van der Waals surface area contributed by atoms with Gasteiger partial charge in [0.15, 0.2) is 0 Å². The lowest BCUT2D eigenvalue weighted by molar-refractivity contribution is 0.628. The number of hydrogen-bond donors (Lipinski definition) is 1. The molecule has 3 rings (SSSR count). The molecule has 2 N–H and O–H groups in total. The number of benzene rings is 1. The summed E-state index contributed by atoms with van der Waals surface area (Å²) in [5.41, 5.74) is 11.1. The highest BCUT2D eigenvalue weighted by molar-refractivity contribution is 5.69. The minimum atomic E-state index is -0.243. The maximum atomic E-state index is 13.1. The average molecular weight is 296 g/mol. The zero-order valence-electron chi connectivity index (χ0n) is 12.5. The first-order valence-electron chi connectivity index (χ1n) is 7.07. The minimum absolute atomic E-state index is 0.243. The molecule has 0 bridgehead atoms. The van der Waals surface area contributed by atoms with Crippen molar-refractivity contribution in [1.29, 1.82) is 0 Å². The van der Waals surface area contributed by atoms with Gasteiger partial charge in [0.05, 0.1) is 23.3 Å². The van der Waals surface area contributed by atoms with Crippen molar-refractivity contribution in [2.75, 3.05) is 0 Å². The Morgan fingerprint density at radius 1 is 1.09 bits per heavy atom. The van der Waals surface area contributed by atoms with E-state index in [4.69, 9.17) is 5.73 Å². The van der Waals surface area contributed by atoms with Crippen LogP contribution in [0.15, 0.2) is 42.6 Å². The molecule has 0 saturated carbocycles. The van der Waals surface area contributed by atoms with E-state index in [0.717, 1.165) is 33.9 Å².